The van der Waals surface area contributed by atoms with Crippen molar-refractivity contribution >= 4 is 64.3 Å². The first kappa shape index (κ1) is 16.8. The Balaban J connectivity index is 2.99. The first-order chi connectivity index (χ1) is 8.13. The average molecular weight is 356 g/mol. The van der Waals surface area contributed by atoms with Crippen LogP contribution >= 0.6 is 58.0 Å². The smallest absolute Gasteiger partial charge is 0.241 e. The standard InChI is InChI=1S/C10H16Cl5N3/c1-4-5-18-8(7(2)3)17(6-16-18)10(14,15)9(11,12)13/h6-8H,4-5H2,1-3H3. The monoisotopic (exact) mass is 353 g/mol. The number of alkyl halides is 5. The molecule has 0 fully saturated rings. The van der Waals surface area contributed by atoms with Gasteiger partial charge in [0.1, 0.15) is 12.5 Å². The Bertz CT molecular complexity index is 313. The van der Waals surface area contributed by atoms with E-state index < -0.39 is 8.25 Å². The molecule has 0 radical (unpaired) electrons. The Labute approximate surface area is 133 Å². The molecule has 0 saturated heterocycles. The number of hydrogen-bond acceptors (Lipinski definition) is 3. The van der Waals surface area contributed by atoms with Crippen molar-refractivity contribution in [3.63, 3.8) is 0 Å². The van der Waals surface area contributed by atoms with E-state index >= 15 is 0 Å². The molecule has 18 heavy (non-hydrogen) atoms. The second-order valence-corrected chi connectivity index (χ2v) is 8.07. The SMILES string of the molecule is CCCN1N=CN(C(Cl)(Cl)C(Cl)(Cl)Cl)C1C(C)C. The van der Waals surface area contributed by atoms with Gasteiger partial charge in [-0.15, -0.1) is 0 Å². The predicted octanol–water partition coefficient (Wildman–Crippen LogP) is 4.44. The van der Waals surface area contributed by atoms with Gasteiger partial charge in [-0.2, -0.15) is 5.10 Å². The third-order valence-corrected chi connectivity index (χ3v) is 4.99. The first-order valence-electron chi connectivity index (χ1n) is 5.66. The maximum Gasteiger partial charge on any atom is 0.241 e. The molecule has 106 valence electrons. The number of halogens is 5. The zero-order valence-electron chi connectivity index (χ0n) is 10.4. The molecule has 0 N–H and O–H groups in total. The van der Waals surface area contributed by atoms with Crippen molar-refractivity contribution in [3.8, 4) is 0 Å². The van der Waals surface area contributed by atoms with Crippen LogP contribution in [0.15, 0.2) is 5.10 Å². The first-order valence-corrected chi connectivity index (χ1v) is 7.55. The molecule has 0 bridgehead atoms. The Morgan fingerprint density at radius 1 is 1.22 bits per heavy atom. The Kier molecular flexibility index (Phi) is 5.60. The molecule has 1 aliphatic rings. The lowest BCUT2D eigenvalue weighted by molar-refractivity contribution is 0.0739. The van der Waals surface area contributed by atoms with Crippen LogP contribution in [0.1, 0.15) is 27.2 Å². The summed E-state index contributed by atoms with van der Waals surface area (Å²) in [5.41, 5.74) is 0. The lowest BCUT2D eigenvalue weighted by Gasteiger charge is -2.42. The zero-order valence-corrected chi connectivity index (χ0v) is 14.2. The van der Waals surface area contributed by atoms with E-state index in [9.17, 15) is 0 Å². The maximum absolute atomic E-state index is 6.20. The molecule has 0 aromatic heterocycles. The zero-order chi connectivity index (χ0) is 14.1. The number of rotatable bonds is 4. The molecular formula is C10H16Cl5N3. The van der Waals surface area contributed by atoms with Gasteiger partial charge in [-0.25, -0.2) is 0 Å². The van der Waals surface area contributed by atoms with E-state index in [1.54, 1.807) is 4.90 Å². The Morgan fingerprint density at radius 3 is 2.17 bits per heavy atom. The van der Waals surface area contributed by atoms with Crippen LogP contribution in [0.4, 0.5) is 0 Å². The highest BCUT2D eigenvalue weighted by atomic mass is 35.6. The van der Waals surface area contributed by atoms with Gasteiger partial charge in [0.05, 0.1) is 0 Å². The minimum Gasteiger partial charge on any atom is -0.304 e. The van der Waals surface area contributed by atoms with Crippen LogP contribution in [0, 0.1) is 5.92 Å². The second kappa shape index (κ2) is 6.01. The van der Waals surface area contributed by atoms with Gasteiger partial charge in [0.15, 0.2) is 0 Å². The largest absolute Gasteiger partial charge is 0.304 e. The fourth-order valence-electron chi connectivity index (χ4n) is 1.87. The van der Waals surface area contributed by atoms with E-state index in [-0.39, 0.29) is 12.1 Å². The molecule has 3 nitrogen and oxygen atoms in total. The molecule has 0 saturated carbocycles. The minimum atomic E-state index is -1.84. The summed E-state index contributed by atoms with van der Waals surface area (Å²) in [5, 5.41) is 6.18. The maximum atomic E-state index is 6.20. The molecule has 0 aromatic rings. The van der Waals surface area contributed by atoms with Crippen LogP contribution < -0.4 is 0 Å². The van der Waals surface area contributed by atoms with Crippen LogP contribution in [0.2, 0.25) is 0 Å². The van der Waals surface area contributed by atoms with E-state index in [2.05, 4.69) is 12.0 Å². The quantitative estimate of drug-likeness (QED) is 0.548. The van der Waals surface area contributed by atoms with Crippen LogP contribution in [0.25, 0.3) is 0 Å². The molecule has 1 aliphatic heterocycles. The molecule has 0 spiro atoms. The van der Waals surface area contributed by atoms with Gasteiger partial charge in [-0.1, -0.05) is 78.8 Å². The molecule has 1 atom stereocenters. The molecule has 8 heteroatoms. The highest BCUT2D eigenvalue weighted by molar-refractivity contribution is 6.75. The van der Waals surface area contributed by atoms with Crippen molar-refractivity contribution < 1.29 is 0 Å². The van der Waals surface area contributed by atoms with E-state index in [0.29, 0.717) is 0 Å². The third-order valence-electron chi connectivity index (χ3n) is 2.63. The Morgan fingerprint density at radius 2 is 1.78 bits per heavy atom. The summed E-state index contributed by atoms with van der Waals surface area (Å²) in [5.74, 6) is 0.225. The van der Waals surface area contributed by atoms with Crippen LogP contribution in [-0.2, 0) is 0 Å². The number of hydrogen-bond donors (Lipinski definition) is 0. The highest BCUT2D eigenvalue weighted by Gasteiger charge is 2.54. The van der Waals surface area contributed by atoms with Crippen molar-refractivity contribution in [1.82, 2.24) is 9.91 Å². The summed E-state index contributed by atoms with van der Waals surface area (Å²) >= 11 is 29.9. The van der Waals surface area contributed by atoms with E-state index in [1.807, 2.05) is 18.9 Å². The summed E-state index contributed by atoms with van der Waals surface area (Å²) in [4.78, 5) is 1.59. The molecule has 0 aliphatic carbocycles. The fourth-order valence-corrected chi connectivity index (χ4v) is 2.45. The van der Waals surface area contributed by atoms with Crippen LogP contribution in [0.5, 0.6) is 0 Å². The van der Waals surface area contributed by atoms with Crippen LogP contribution in [-0.4, -0.2) is 37.2 Å². The summed E-state index contributed by atoms with van der Waals surface area (Å²) in [6, 6.07) is 0. The minimum absolute atomic E-state index is 0.129. The van der Waals surface area contributed by atoms with E-state index in [0.717, 1.165) is 13.0 Å². The van der Waals surface area contributed by atoms with Gasteiger partial charge in [0.25, 0.3) is 0 Å². The van der Waals surface area contributed by atoms with Gasteiger partial charge in [0.2, 0.25) is 8.25 Å². The topological polar surface area (TPSA) is 18.8 Å². The Hall–Kier alpha value is 0.720. The van der Waals surface area contributed by atoms with Gasteiger partial charge >= 0.3 is 0 Å². The van der Waals surface area contributed by atoms with E-state index in [4.69, 9.17) is 58.0 Å². The molecular weight excluding hydrogens is 339 g/mol. The summed E-state index contributed by atoms with van der Waals surface area (Å²) in [6.07, 6.45) is 2.36. The second-order valence-electron chi connectivity index (χ2n) is 4.50. The summed E-state index contributed by atoms with van der Waals surface area (Å²) < 4.78 is -3.50. The third kappa shape index (κ3) is 3.24. The van der Waals surface area contributed by atoms with Crippen molar-refractivity contribution in [2.75, 3.05) is 6.54 Å². The molecule has 1 heterocycles. The summed E-state index contributed by atoms with van der Waals surface area (Å²) in [6.45, 7) is 6.94. The van der Waals surface area contributed by atoms with Crippen LogP contribution in [0.3, 0.4) is 0 Å². The lowest BCUT2D eigenvalue weighted by Crippen LogP contribution is -2.56. The molecule has 0 amide bonds. The summed E-state index contributed by atoms with van der Waals surface area (Å²) in [7, 11) is 0. The van der Waals surface area contributed by atoms with Crippen molar-refractivity contribution in [3.05, 3.63) is 0 Å². The van der Waals surface area contributed by atoms with Gasteiger partial charge < -0.3 is 4.90 Å². The van der Waals surface area contributed by atoms with Crippen molar-refractivity contribution in [1.29, 1.82) is 0 Å². The van der Waals surface area contributed by atoms with Crippen molar-refractivity contribution in [2.24, 2.45) is 11.0 Å². The average Bonchev–Trinajstić information content (AvgIpc) is 2.60. The van der Waals surface area contributed by atoms with E-state index in [1.165, 1.54) is 6.34 Å². The fraction of sp³-hybridized carbons (Fsp3) is 0.900. The normalized spacial score (nSPS) is 21.3. The predicted molar refractivity (Wildman–Crippen MR) is 80.7 cm³/mol. The molecule has 0 aromatic carbocycles. The van der Waals surface area contributed by atoms with Gasteiger partial charge in [-0.05, 0) is 12.3 Å². The van der Waals surface area contributed by atoms with Crippen molar-refractivity contribution in [2.45, 2.75) is 41.6 Å². The lowest BCUT2D eigenvalue weighted by atomic mass is 10.1. The number of nitrogens with zero attached hydrogens (tertiary/aromatic N) is 3. The molecule has 1 unspecified atom stereocenters. The van der Waals surface area contributed by atoms with Gasteiger partial charge in [0, 0.05) is 6.54 Å². The number of hydrazone groups is 1. The highest BCUT2D eigenvalue weighted by Crippen LogP contribution is 2.49. The molecule has 1 rings (SSSR count). The van der Waals surface area contributed by atoms with Gasteiger partial charge in [-0.3, -0.25) is 5.01 Å².